The van der Waals surface area contributed by atoms with Gasteiger partial charge in [0, 0.05) is 25.2 Å². The Hall–Kier alpha value is -1.61. The zero-order valence-corrected chi connectivity index (χ0v) is 11.0. The number of imidazole rings is 1. The van der Waals surface area contributed by atoms with Gasteiger partial charge in [-0.05, 0) is 19.4 Å². The summed E-state index contributed by atoms with van der Waals surface area (Å²) < 4.78 is 2.28. The molecule has 0 spiro atoms. The van der Waals surface area contributed by atoms with Crippen LogP contribution in [0.1, 0.15) is 30.8 Å². The second-order valence-electron chi connectivity index (χ2n) is 5.46. The zero-order chi connectivity index (χ0) is 12.6. The van der Waals surface area contributed by atoms with Crippen LogP contribution in [0.15, 0.2) is 36.7 Å². The van der Waals surface area contributed by atoms with E-state index < -0.39 is 0 Å². The second kappa shape index (κ2) is 4.25. The molecule has 0 radical (unpaired) electrons. The Balaban J connectivity index is 1.93. The molecule has 3 heteroatoms. The van der Waals surface area contributed by atoms with Crippen LogP contribution in [0.3, 0.4) is 0 Å². The first kappa shape index (κ1) is 11.5. The lowest BCUT2D eigenvalue weighted by molar-refractivity contribution is 0.368. The molecule has 0 bridgehead atoms. The van der Waals surface area contributed by atoms with Crippen LogP contribution < -0.4 is 5.32 Å². The first-order valence-electron chi connectivity index (χ1n) is 6.50. The fourth-order valence-electron chi connectivity index (χ4n) is 2.69. The van der Waals surface area contributed by atoms with Crippen LogP contribution in [0.25, 0.3) is 0 Å². The molecule has 2 heterocycles. The molecule has 1 N–H and O–H groups in total. The Morgan fingerprint density at radius 1 is 1.28 bits per heavy atom. The van der Waals surface area contributed by atoms with E-state index in [4.69, 9.17) is 0 Å². The third-order valence-electron chi connectivity index (χ3n) is 3.66. The average Bonchev–Trinajstić information content (AvgIpc) is 2.75. The van der Waals surface area contributed by atoms with Gasteiger partial charge in [0.15, 0.2) is 0 Å². The summed E-state index contributed by atoms with van der Waals surface area (Å²) in [6, 6.07) is 10.6. The van der Waals surface area contributed by atoms with E-state index in [1.54, 1.807) is 0 Å². The molecule has 0 saturated carbocycles. The standard InChI is InChI=1S/C15H19N3/c1-15(2)14-13(8-9-17-15)18(11-16-14)10-12-6-4-3-5-7-12/h3-7,11,17H,8-10H2,1-2H3. The van der Waals surface area contributed by atoms with Crippen LogP contribution in [0.5, 0.6) is 0 Å². The van der Waals surface area contributed by atoms with Gasteiger partial charge in [-0.1, -0.05) is 30.3 Å². The van der Waals surface area contributed by atoms with Gasteiger partial charge in [-0.15, -0.1) is 0 Å². The van der Waals surface area contributed by atoms with Crippen LogP contribution in [-0.2, 0) is 18.5 Å². The molecule has 0 amide bonds. The van der Waals surface area contributed by atoms with E-state index in [0.29, 0.717) is 0 Å². The summed E-state index contributed by atoms with van der Waals surface area (Å²) in [5.74, 6) is 0. The van der Waals surface area contributed by atoms with Crippen molar-refractivity contribution in [1.82, 2.24) is 14.9 Å². The Morgan fingerprint density at radius 2 is 2.06 bits per heavy atom. The zero-order valence-electron chi connectivity index (χ0n) is 11.0. The lowest BCUT2D eigenvalue weighted by atomic mass is 9.93. The molecule has 94 valence electrons. The number of nitrogens with zero attached hydrogens (tertiary/aromatic N) is 2. The molecule has 1 aliphatic heterocycles. The fourth-order valence-corrected chi connectivity index (χ4v) is 2.69. The Labute approximate surface area is 108 Å². The molecule has 1 aromatic carbocycles. The largest absolute Gasteiger partial charge is 0.330 e. The highest BCUT2D eigenvalue weighted by Crippen LogP contribution is 2.26. The van der Waals surface area contributed by atoms with E-state index in [-0.39, 0.29) is 5.54 Å². The topological polar surface area (TPSA) is 29.9 Å². The minimum Gasteiger partial charge on any atom is -0.330 e. The van der Waals surface area contributed by atoms with Crippen LogP contribution in [0.4, 0.5) is 0 Å². The summed E-state index contributed by atoms with van der Waals surface area (Å²) >= 11 is 0. The van der Waals surface area contributed by atoms with Crippen molar-refractivity contribution >= 4 is 0 Å². The number of aromatic nitrogens is 2. The summed E-state index contributed by atoms with van der Waals surface area (Å²) in [6.07, 6.45) is 3.04. The van der Waals surface area contributed by atoms with E-state index in [0.717, 1.165) is 19.5 Å². The van der Waals surface area contributed by atoms with Crippen molar-refractivity contribution in [3.63, 3.8) is 0 Å². The van der Waals surface area contributed by atoms with Crippen molar-refractivity contribution in [2.45, 2.75) is 32.4 Å². The predicted molar refractivity (Wildman–Crippen MR) is 72.5 cm³/mol. The van der Waals surface area contributed by atoms with E-state index in [1.807, 2.05) is 6.33 Å². The van der Waals surface area contributed by atoms with Crippen molar-refractivity contribution in [3.05, 3.63) is 53.6 Å². The summed E-state index contributed by atoms with van der Waals surface area (Å²) in [6.45, 7) is 6.34. The van der Waals surface area contributed by atoms with Gasteiger partial charge in [-0.25, -0.2) is 4.98 Å². The van der Waals surface area contributed by atoms with Gasteiger partial charge in [0.2, 0.25) is 0 Å². The molecule has 0 unspecified atom stereocenters. The predicted octanol–water partition coefficient (Wildman–Crippen LogP) is 2.31. The van der Waals surface area contributed by atoms with Crippen molar-refractivity contribution in [2.24, 2.45) is 0 Å². The van der Waals surface area contributed by atoms with Gasteiger partial charge < -0.3 is 9.88 Å². The van der Waals surface area contributed by atoms with E-state index in [2.05, 4.69) is 59.0 Å². The van der Waals surface area contributed by atoms with Gasteiger partial charge in [-0.3, -0.25) is 0 Å². The lowest BCUT2D eigenvalue weighted by Gasteiger charge is -2.30. The molecule has 3 rings (SSSR count). The average molecular weight is 241 g/mol. The lowest BCUT2D eigenvalue weighted by Crippen LogP contribution is -2.43. The molecule has 18 heavy (non-hydrogen) atoms. The highest BCUT2D eigenvalue weighted by Gasteiger charge is 2.30. The molecule has 0 saturated heterocycles. The maximum Gasteiger partial charge on any atom is 0.0955 e. The number of hydrogen-bond donors (Lipinski definition) is 1. The maximum atomic E-state index is 4.61. The SMILES string of the molecule is CC1(C)NCCc2c1ncn2Cc1ccccc1. The van der Waals surface area contributed by atoms with E-state index in [9.17, 15) is 0 Å². The molecule has 0 atom stereocenters. The highest BCUT2D eigenvalue weighted by atomic mass is 15.1. The fraction of sp³-hybridized carbons (Fsp3) is 0.400. The van der Waals surface area contributed by atoms with E-state index >= 15 is 0 Å². The third kappa shape index (κ3) is 1.95. The summed E-state index contributed by atoms with van der Waals surface area (Å²) in [7, 11) is 0. The van der Waals surface area contributed by atoms with Gasteiger partial charge >= 0.3 is 0 Å². The van der Waals surface area contributed by atoms with Crippen molar-refractivity contribution < 1.29 is 0 Å². The van der Waals surface area contributed by atoms with Crippen molar-refractivity contribution in [2.75, 3.05) is 6.54 Å². The molecule has 1 aliphatic rings. The first-order chi connectivity index (χ1) is 8.67. The second-order valence-corrected chi connectivity index (χ2v) is 5.46. The minimum absolute atomic E-state index is 0.00444. The summed E-state index contributed by atoms with van der Waals surface area (Å²) in [4.78, 5) is 4.61. The summed E-state index contributed by atoms with van der Waals surface area (Å²) in [5, 5.41) is 3.52. The van der Waals surface area contributed by atoms with Crippen LogP contribution in [0.2, 0.25) is 0 Å². The number of rotatable bonds is 2. The van der Waals surface area contributed by atoms with Crippen LogP contribution in [0, 0.1) is 0 Å². The Bertz CT molecular complexity index is 540. The van der Waals surface area contributed by atoms with Crippen molar-refractivity contribution in [3.8, 4) is 0 Å². The third-order valence-corrected chi connectivity index (χ3v) is 3.66. The molecular formula is C15H19N3. The first-order valence-corrected chi connectivity index (χ1v) is 6.50. The number of nitrogens with one attached hydrogen (secondary N) is 1. The molecule has 0 fully saturated rings. The van der Waals surface area contributed by atoms with Gasteiger partial charge in [0.25, 0.3) is 0 Å². The maximum absolute atomic E-state index is 4.61. The molecule has 0 aliphatic carbocycles. The molecule has 1 aromatic heterocycles. The van der Waals surface area contributed by atoms with Crippen LogP contribution in [-0.4, -0.2) is 16.1 Å². The minimum atomic E-state index is -0.00444. The quantitative estimate of drug-likeness (QED) is 0.874. The molecular weight excluding hydrogens is 222 g/mol. The number of fused-ring (bicyclic) bond motifs is 1. The smallest absolute Gasteiger partial charge is 0.0955 e. The number of benzene rings is 1. The monoisotopic (exact) mass is 241 g/mol. The summed E-state index contributed by atoms with van der Waals surface area (Å²) in [5.41, 5.74) is 3.90. The Kier molecular flexibility index (Phi) is 2.71. The normalized spacial score (nSPS) is 17.4. The van der Waals surface area contributed by atoms with Crippen molar-refractivity contribution in [1.29, 1.82) is 0 Å². The van der Waals surface area contributed by atoms with Gasteiger partial charge in [-0.2, -0.15) is 0 Å². The molecule has 2 aromatic rings. The number of hydrogen-bond acceptors (Lipinski definition) is 2. The molecule has 3 nitrogen and oxygen atoms in total. The van der Waals surface area contributed by atoms with E-state index in [1.165, 1.54) is 17.0 Å². The highest BCUT2D eigenvalue weighted by molar-refractivity contribution is 5.26. The van der Waals surface area contributed by atoms with Crippen LogP contribution >= 0.6 is 0 Å². The Morgan fingerprint density at radius 3 is 2.83 bits per heavy atom. The van der Waals surface area contributed by atoms with Gasteiger partial charge in [0.1, 0.15) is 0 Å². The van der Waals surface area contributed by atoms with Gasteiger partial charge in [0.05, 0.1) is 17.6 Å².